The van der Waals surface area contributed by atoms with Crippen LogP contribution in [-0.4, -0.2) is 38.9 Å². The van der Waals surface area contributed by atoms with Crippen LogP contribution in [0.25, 0.3) is 11.1 Å². The van der Waals surface area contributed by atoms with E-state index in [4.69, 9.17) is 11.6 Å². The summed E-state index contributed by atoms with van der Waals surface area (Å²) in [5, 5.41) is 3.82. The molecule has 0 aromatic heterocycles. The van der Waals surface area contributed by atoms with Crippen molar-refractivity contribution < 1.29 is 8.42 Å². The summed E-state index contributed by atoms with van der Waals surface area (Å²) in [6.45, 7) is 2.40. The maximum absolute atomic E-state index is 12.7. The third kappa shape index (κ3) is 3.17. The van der Waals surface area contributed by atoms with Crippen LogP contribution in [0, 0.1) is 0 Å². The minimum absolute atomic E-state index is 0.335. The summed E-state index contributed by atoms with van der Waals surface area (Å²) in [7, 11) is -3.43. The molecular formula is C16H17ClN2O2S. The summed E-state index contributed by atoms with van der Waals surface area (Å²) in [6, 6.07) is 14.4. The molecule has 1 N–H and O–H groups in total. The van der Waals surface area contributed by atoms with E-state index in [1.54, 1.807) is 30.3 Å². The minimum atomic E-state index is -3.43. The molecule has 0 saturated carbocycles. The molecule has 1 heterocycles. The number of hydrogen-bond acceptors (Lipinski definition) is 3. The third-order valence-corrected chi connectivity index (χ3v) is 5.87. The van der Waals surface area contributed by atoms with E-state index in [0.717, 1.165) is 11.1 Å². The van der Waals surface area contributed by atoms with Gasteiger partial charge in [0.1, 0.15) is 0 Å². The molecule has 2 aromatic carbocycles. The molecule has 116 valence electrons. The second-order valence-corrected chi connectivity index (χ2v) is 7.56. The fourth-order valence-corrected chi connectivity index (χ4v) is 4.13. The van der Waals surface area contributed by atoms with E-state index in [9.17, 15) is 8.42 Å². The molecular weight excluding hydrogens is 320 g/mol. The highest BCUT2D eigenvalue weighted by Gasteiger charge is 2.25. The van der Waals surface area contributed by atoms with E-state index < -0.39 is 10.0 Å². The van der Waals surface area contributed by atoms with Gasteiger partial charge in [-0.2, -0.15) is 4.31 Å². The summed E-state index contributed by atoms with van der Waals surface area (Å²) in [4.78, 5) is 0.335. The van der Waals surface area contributed by atoms with Gasteiger partial charge in [-0.3, -0.25) is 0 Å². The smallest absolute Gasteiger partial charge is 0.243 e. The first-order valence-corrected chi connectivity index (χ1v) is 8.96. The van der Waals surface area contributed by atoms with Crippen LogP contribution in [0.1, 0.15) is 0 Å². The lowest BCUT2D eigenvalue weighted by molar-refractivity contribution is 0.360. The summed E-state index contributed by atoms with van der Waals surface area (Å²) in [5.41, 5.74) is 1.81. The molecule has 0 amide bonds. The molecule has 0 spiro atoms. The molecule has 1 saturated heterocycles. The van der Waals surface area contributed by atoms with Crippen LogP contribution in [0.2, 0.25) is 5.02 Å². The Labute approximate surface area is 135 Å². The van der Waals surface area contributed by atoms with Crippen LogP contribution in [0.5, 0.6) is 0 Å². The molecule has 4 nitrogen and oxygen atoms in total. The highest BCUT2D eigenvalue weighted by Crippen LogP contribution is 2.25. The van der Waals surface area contributed by atoms with Crippen molar-refractivity contribution in [1.29, 1.82) is 0 Å². The van der Waals surface area contributed by atoms with Gasteiger partial charge in [-0.15, -0.1) is 0 Å². The van der Waals surface area contributed by atoms with Gasteiger partial charge in [0.25, 0.3) is 0 Å². The average molecular weight is 337 g/mol. The second-order valence-electron chi connectivity index (χ2n) is 5.19. The Hall–Kier alpha value is -1.40. The number of halogens is 1. The first-order chi connectivity index (χ1) is 10.6. The zero-order valence-electron chi connectivity index (χ0n) is 12.0. The fourth-order valence-electron chi connectivity index (χ4n) is 2.51. The molecule has 1 fully saturated rings. The molecule has 0 bridgehead atoms. The van der Waals surface area contributed by atoms with Crippen molar-refractivity contribution in [2.24, 2.45) is 0 Å². The van der Waals surface area contributed by atoms with Gasteiger partial charge in [0.2, 0.25) is 10.0 Å². The van der Waals surface area contributed by atoms with Gasteiger partial charge in [-0.05, 0) is 35.4 Å². The topological polar surface area (TPSA) is 49.4 Å². The zero-order valence-corrected chi connectivity index (χ0v) is 13.6. The third-order valence-electron chi connectivity index (χ3n) is 3.73. The highest BCUT2D eigenvalue weighted by atomic mass is 35.5. The summed E-state index contributed by atoms with van der Waals surface area (Å²) in [5.74, 6) is 0. The molecule has 22 heavy (non-hydrogen) atoms. The minimum Gasteiger partial charge on any atom is -0.314 e. The molecule has 0 atom stereocenters. The molecule has 1 aliphatic rings. The maximum atomic E-state index is 12.7. The molecule has 0 radical (unpaired) electrons. The Morgan fingerprint density at radius 1 is 0.955 bits per heavy atom. The van der Waals surface area contributed by atoms with Gasteiger partial charge in [0, 0.05) is 31.2 Å². The Kier molecular flexibility index (Phi) is 4.49. The van der Waals surface area contributed by atoms with Crippen molar-refractivity contribution in [3.8, 4) is 11.1 Å². The Balaban J connectivity index is 1.95. The zero-order chi connectivity index (χ0) is 15.6. The lowest BCUT2D eigenvalue weighted by Crippen LogP contribution is -2.46. The quantitative estimate of drug-likeness (QED) is 0.937. The lowest BCUT2D eigenvalue weighted by atomic mass is 10.1. The van der Waals surface area contributed by atoms with E-state index in [1.807, 2.05) is 18.2 Å². The van der Waals surface area contributed by atoms with Crippen LogP contribution in [0.3, 0.4) is 0 Å². The first-order valence-electron chi connectivity index (χ1n) is 7.14. The Morgan fingerprint density at radius 3 is 2.32 bits per heavy atom. The van der Waals surface area contributed by atoms with Gasteiger partial charge < -0.3 is 5.32 Å². The number of benzene rings is 2. The highest BCUT2D eigenvalue weighted by molar-refractivity contribution is 7.89. The van der Waals surface area contributed by atoms with Gasteiger partial charge in [-0.1, -0.05) is 35.9 Å². The Morgan fingerprint density at radius 2 is 1.64 bits per heavy atom. The maximum Gasteiger partial charge on any atom is 0.243 e. The normalized spacial score (nSPS) is 16.6. The summed E-state index contributed by atoms with van der Waals surface area (Å²) >= 11 is 5.90. The second kappa shape index (κ2) is 6.38. The predicted molar refractivity (Wildman–Crippen MR) is 88.5 cm³/mol. The van der Waals surface area contributed by atoms with Crippen LogP contribution in [0.15, 0.2) is 53.4 Å². The fraction of sp³-hybridized carbons (Fsp3) is 0.250. The van der Waals surface area contributed by atoms with Crippen molar-refractivity contribution in [3.05, 3.63) is 53.6 Å². The summed E-state index contributed by atoms with van der Waals surface area (Å²) < 4.78 is 26.9. The predicted octanol–water partition coefficient (Wildman–Crippen LogP) is 2.60. The number of rotatable bonds is 3. The standard InChI is InChI=1S/C16H17ClN2O2S/c17-15-6-4-13(5-7-15)14-2-1-3-16(12-14)22(20,21)19-10-8-18-9-11-19/h1-7,12,18H,8-11H2. The van der Waals surface area contributed by atoms with Crippen LogP contribution >= 0.6 is 11.6 Å². The van der Waals surface area contributed by atoms with Gasteiger partial charge in [0.05, 0.1) is 4.90 Å². The van der Waals surface area contributed by atoms with Crippen LogP contribution in [-0.2, 0) is 10.0 Å². The van der Waals surface area contributed by atoms with E-state index in [-0.39, 0.29) is 0 Å². The number of hydrogen-bond donors (Lipinski definition) is 1. The van der Waals surface area contributed by atoms with Crippen molar-refractivity contribution in [3.63, 3.8) is 0 Å². The van der Waals surface area contributed by atoms with Gasteiger partial charge in [-0.25, -0.2) is 8.42 Å². The molecule has 0 aliphatic carbocycles. The van der Waals surface area contributed by atoms with E-state index in [1.165, 1.54) is 4.31 Å². The van der Waals surface area contributed by atoms with Crippen molar-refractivity contribution >= 4 is 21.6 Å². The summed E-state index contributed by atoms with van der Waals surface area (Å²) in [6.07, 6.45) is 0. The number of nitrogens with zero attached hydrogens (tertiary/aromatic N) is 1. The van der Waals surface area contributed by atoms with Crippen molar-refractivity contribution in [2.75, 3.05) is 26.2 Å². The molecule has 1 aliphatic heterocycles. The number of nitrogens with one attached hydrogen (secondary N) is 1. The van der Waals surface area contributed by atoms with Crippen LogP contribution < -0.4 is 5.32 Å². The van der Waals surface area contributed by atoms with Crippen molar-refractivity contribution in [1.82, 2.24) is 9.62 Å². The van der Waals surface area contributed by atoms with Gasteiger partial charge in [0.15, 0.2) is 0 Å². The van der Waals surface area contributed by atoms with Crippen LogP contribution in [0.4, 0.5) is 0 Å². The molecule has 3 rings (SSSR count). The van der Waals surface area contributed by atoms with E-state index in [0.29, 0.717) is 36.1 Å². The van der Waals surface area contributed by atoms with Crippen molar-refractivity contribution in [2.45, 2.75) is 4.90 Å². The molecule has 6 heteroatoms. The SMILES string of the molecule is O=S(=O)(c1cccc(-c2ccc(Cl)cc2)c1)N1CCNCC1. The van der Waals surface area contributed by atoms with Gasteiger partial charge >= 0.3 is 0 Å². The van der Waals surface area contributed by atoms with E-state index >= 15 is 0 Å². The number of sulfonamides is 1. The average Bonchev–Trinajstić information content (AvgIpc) is 2.56. The van der Waals surface area contributed by atoms with E-state index in [2.05, 4.69) is 5.32 Å². The Bertz CT molecular complexity index is 754. The monoisotopic (exact) mass is 336 g/mol. The largest absolute Gasteiger partial charge is 0.314 e. The molecule has 0 unspecified atom stereocenters. The number of piperazine rings is 1. The first kappa shape index (κ1) is 15.5. The molecule has 2 aromatic rings. The lowest BCUT2D eigenvalue weighted by Gasteiger charge is -2.26.